The molecule has 0 radical (unpaired) electrons. The zero-order valence-electron chi connectivity index (χ0n) is 7.43. The van der Waals surface area contributed by atoms with Crippen LogP contribution in [0.2, 0.25) is 0 Å². The standard InChI is InChI=1S/C7H13NO4S/c1-3-5-8(13(2,11)12)6-4-7(9)10/h3H,1,4-6H2,2H3,(H,9,10). The molecule has 0 aliphatic heterocycles. The Morgan fingerprint density at radius 3 is 2.46 bits per heavy atom. The van der Waals surface area contributed by atoms with Crippen molar-refractivity contribution < 1.29 is 18.3 Å². The van der Waals surface area contributed by atoms with Crippen molar-refractivity contribution in [2.45, 2.75) is 6.42 Å². The van der Waals surface area contributed by atoms with Gasteiger partial charge in [-0.15, -0.1) is 6.58 Å². The summed E-state index contributed by atoms with van der Waals surface area (Å²) in [7, 11) is -3.32. The summed E-state index contributed by atoms with van der Waals surface area (Å²) in [5, 5.41) is 8.35. The summed E-state index contributed by atoms with van der Waals surface area (Å²) in [4.78, 5) is 10.2. The monoisotopic (exact) mass is 207 g/mol. The van der Waals surface area contributed by atoms with Gasteiger partial charge in [-0.25, -0.2) is 8.42 Å². The molecule has 0 unspecified atom stereocenters. The number of nitrogens with zero attached hydrogens (tertiary/aromatic N) is 1. The zero-order valence-corrected chi connectivity index (χ0v) is 8.25. The van der Waals surface area contributed by atoms with Crippen LogP contribution in [-0.4, -0.2) is 43.1 Å². The molecular formula is C7H13NO4S. The number of aliphatic carboxylic acids is 1. The number of carbonyl (C=O) groups is 1. The normalized spacial score (nSPS) is 11.5. The van der Waals surface area contributed by atoms with Crippen molar-refractivity contribution in [2.75, 3.05) is 19.3 Å². The molecule has 0 heterocycles. The van der Waals surface area contributed by atoms with Crippen molar-refractivity contribution in [1.82, 2.24) is 4.31 Å². The minimum Gasteiger partial charge on any atom is -0.481 e. The second-order valence-corrected chi connectivity index (χ2v) is 4.54. The minimum atomic E-state index is -3.32. The first-order valence-electron chi connectivity index (χ1n) is 3.65. The van der Waals surface area contributed by atoms with Crippen LogP contribution in [0.15, 0.2) is 12.7 Å². The van der Waals surface area contributed by atoms with Crippen molar-refractivity contribution in [3.8, 4) is 0 Å². The van der Waals surface area contributed by atoms with Crippen molar-refractivity contribution in [1.29, 1.82) is 0 Å². The summed E-state index contributed by atoms with van der Waals surface area (Å²) < 4.78 is 23.1. The first-order valence-corrected chi connectivity index (χ1v) is 5.50. The maximum absolute atomic E-state index is 11.0. The Hall–Kier alpha value is -0.880. The largest absolute Gasteiger partial charge is 0.481 e. The van der Waals surface area contributed by atoms with Gasteiger partial charge in [0.25, 0.3) is 0 Å². The van der Waals surface area contributed by atoms with E-state index in [9.17, 15) is 13.2 Å². The lowest BCUT2D eigenvalue weighted by Crippen LogP contribution is -2.32. The van der Waals surface area contributed by atoms with Crippen LogP contribution in [0.3, 0.4) is 0 Å². The summed E-state index contributed by atoms with van der Waals surface area (Å²) in [6.07, 6.45) is 2.27. The summed E-state index contributed by atoms with van der Waals surface area (Å²) in [5.74, 6) is -1.02. The number of sulfonamides is 1. The van der Waals surface area contributed by atoms with Crippen LogP contribution in [0.5, 0.6) is 0 Å². The maximum atomic E-state index is 11.0. The van der Waals surface area contributed by atoms with Gasteiger partial charge in [0.1, 0.15) is 0 Å². The zero-order chi connectivity index (χ0) is 10.5. The molecule has 0 aromatic carbocycles. The van der Waals surface area contributed by atoms with E-state index in [1.807, 2.05) is 0 Å². The molecule has 0 aliphatic rings. The molecule has 0 bridgehead atoms. The number of hydrogen-bond acceptors (Lipinski definition) is 3. The van der Waals surface area contributed by atoms with Crippen LogP contribution in [0.25, 0.3) is 0 Å². The molecule has 0 fully saturated rings. The molecule has 13 heavy (non-hydrogen) atoms. The van der Waals surface area contributed by atoms with Gasteiger partial charge in [-0.1, -0.05) is 6.08 Å². The average molecular weight is 207 g/mol. The fraction of sp³-hybridized carbons (Fsp3) is 0.571. The average Bonchev–Trinajstić information content (AvgIpc) is 1.95. The van der Waals surface area contributed by atoms with Crippen molar-refractivity contribution in [3.63, 3.8) is 0 Å². The van der Waals surface area contributed by atoms with Gasteiger partial charge < -0.3 is 5.11 Å². The van der Waals surface area contributed by atoms with Gasteiger partial charge in [0, 0.05) is 13.1 Å². The highest BCUT2D eigenvalue weighted by Crippen LogP contribution is 1.99. The molecule has 0 rings (SSSR count). The van der Waals surface area contributed by atoms with Crippen LogP contribution >= 0.6 is 0 Å². The Morgan fingerprint density at radius 1 is 1.62 bits per heavy atom. The van der Waals surface area contributed by atoms with Crippen molar-refractivity contribution in [2.24, 2.45) is 0 Å². The van der Waals surface area contributed by atoms with Gasteiger partial charge in [0.2, 0.25) is 10.0 Å². The van der Waals surface area contributed by atoms with Crippen LogP contribution in [0.1, 0.15) is 6.42 Å². The second kappa shape index (κ2) is 4.98. The van der Waals surface area contributed by atoms with E-state index < -0.39 is 16.0 Å². The van der Waals surface area contributed by atoms with E-state index in [4.69, 9.17) is 5.11 Å². The topological polar surface area (TPSA) is 74.7 Å². The smallest absolute Gasteiger partial charge is 0.304 e. The number of hydrogen-bond donors (Lipinski definition) is 1. The van der Waals surface area contributed by atoms with Gasteiger partial charge in [-0.3, -0.25) is 4.79 Å². The molecule has 0 aromatic heterocycles. The molecule has 76 valence electrons. The Balaban J connectivity index is 4.27. The minimum absolute atomic E-state index is 0.0137. The van der Waals surface area contributed by atoms with E-state index in [0.29, 0.717) is 0 Å². The van der Waals surface area contributed by atoms with Crippen LogP contribution in [0, 0.1) is 0 Å². The lowest BCUT2D eigenvalue weighted by Gasteiger charge is -2.16. The molecule has 0 aromatic rings. The van der Waals surface area contributed by atoms with E-state index in [1.165, 1.54) is 6.08 Å². The summed E-state index contributed by atoms with van der Waals surface area (Å²) in [6.45, 7) is 3.52. The fourth-order valence-electron chi connectivity index (χ4n) is 0.757. The third-order valence-corrected chi connectivity index (χ3v) is 2.65. The number of rotatable bonds is 6. The van der Waals surface area contributed by atoms with Crippen LogP contribution < -0.4 is 0 Å². The first kappa shape index (κ1) is 12.1. The quantitative estimate of drug-likeness (QED) is 0.618. The molecule has 1 N–H and O–H groups in total. The highest BCUT2D eigenvalue weighted by Gasteiger charge is 2.15. The lowest BCUT2D eigenvalue weighted by molar-refractivity contribution is -0.137. The molecule has 6 heteroatoms. The van der Waals surface area contributed by atoms with Gasteiger partial charge in [-0.2, -0.15) is 4.31 Å². The summed E-state index contributed by atoms with van der Waals surface area (Å²) in [5.41, 5.74) is 0. The molecule has 0 saturated carbocycles. The highest BCUT2D eigenvalue weighted by atomic mass is 32.2. The van der Waals surface area contributed by atoms with Gasteiger partial charge in [0.05, 0.1) is 12.7 Å². The third kappa shape index (κ3) is 5.37. The van der Waals surface area contributed by atoms with E-state index in [-0.39, 0.29) is 19.5 Å². The predicted molar refractivity (Wildman–Crippen MR) is 48.9 cm³/mol. The number of carboxylic acid groups (broad SMARTS) is 1. The molecule has 0 atom stereocenters. The fourth-order valence-corrected chi connectivity index (χ4v) is 1.56. The predicted octanol–water partition coefficient (Wildman–Crippen LogP) is -0.0913. The van der Waals surface area contributed by atoms with E-state index >= 15 is 0 Å². The lowest BCUT2D eigenvalue weighted by atomic mass is 10.4. The highest BCUT2D eigenvalue weighted by molar-refractivity contribution is 7.88. The molecule has 5 nitrogen and oxygen atoms in total. The van der Waals surface area contributed by atoms with E-state index in [1.54, 1.807) is 0 Å². The SMILES string of the molecule is C=CCN(CCC(=O)O)S(C)(=O)=O. The van der Waals surface area contributed by atoms with Gasteiger partial charge >= 0.3 is 5.97 Å². The Morgan fingerprint density at radius 2 is 2.15 bits per heavy atom. The molecule has 0 amide bonds. The second-order valence-electron chi connectivity index (χ2n) is 2.55. The molecule has 0 saturated heterocycles. The molecule has 0 aliphatic carbocycles. The Bertz CT molecular complexity index is 283. The first-order chi connectivity index (χ1) is 5.88. The molecule has 0 spiro atoms. The Labute approximate surface area is 77.7 Å². The van der Waals surface area contributed by atoms with Gasteiger partial charge in [-0.05, 0) is 0 Å². The maximum Gasteiger partial charge on any atom is 0.304 e. The number of carboxylic acids is 1. The summed E-state index contributed by atoms with van der Waals surface area (Å²) in [6, 6.07) is 0. The summed E-state index contributed by atoms with van der Waals surface area (Å²) >= 11 is 0. The Kier molecular flexibility index (Phi) is 4.64. The van der Waals surface area contributed by atoms with Crippen LogP contribution in [-0.2, 0) is 14.8 Å². The van der Waals surface area contributed by atoms with E-state index in [2.05, 4.69) is 6.58 Å². The van der Waals surface area contributed by atoms with E-state index in [0.717, 1.165) is 10.6 Å². The van der Waals surface area contributed by atoms with Gasteiger partial charge in [0.15, 0.2) is 0 Å². The van der Waals surface area contributed by atoms with Crippen molar-refractivity contribution in [3.05, 3.63) is 12.7 Å². The van der Waals surface area contributed by atoms with Crippen molar-refractivity contribution >= 4 is 16.0 Å². The van der Waals surface area contributed by atoms with Crippen LogP contribution in [0.4, 0.5) is 0 Å². The third-order valence-electron chi connectivity index (χ3n) is 1.38. The molecular weight excluding hydrogens is 194 g/mol.